The maximum absolute atomic E-state index is 13.5. The molecular formula is C12H22BrF. The van der Waals surface area contributed by atoms with Crippen LogP contribution in [0.4, 0.5) is 4.39 Å². The van der Waals surface area contributed by atoms with E-state index < -0.39 is 6.17 Å². The SMILES string of the molecule is FC1CCCCCCCCCC[C@@H]1Br. The molecule has 1 saturated carbocycles. The predicted octanol–water partition coefficient (Wildman–Crippen LogP) is 5.00. The van der Waals surface area contributed by atoms with Crippen LogP contribution in [-0.2, 0) is 0 Å². The molecule has 0 aliphatic heterocycles. The Bertz CT molecular complexity index is 122. The van der Waals surface area contributed by atoms with Crippen molar-refractivity contribution in [2.45, 2.75) is 75.2 Å². The molecule has 0 aromatic heterocycles. The van der Waals surface area contributed by atoms with Gasteiger partial charge < -0.3 is 0 Å². The van der Waals surface area contributed by atoms with Crippen molar-refractivity contribution in [2.75, 3.05) is 0 Å². The molecule has 1 rings (SSSR count). The van der Waals surface area contributed by atoms with Crippen molar-refractivity contribution in [3.8, 4) is 0 Å². The van der Waals surface area contributed by atoms with E-state index in [1.165, 1.54) is 44.9 Å². The van der Waals surface area contributed by atoms with Crippen LogP contribution in [0.15, 0.2) is 0 Å². The summed E-state index contributed by atoms with van der Waals surface area (Å²) in [6.07, 6.45) is 11.3. The molecule has 2 atom stereocenters. The first kappa shape index (κ1) is 12.5. The first-order valence-electron chi connectivity index (χ1n) is 6.09. The van der Waals surface area contributed by atoms with Gasteiger partial charge in [0, 0.05) is 4.83 Å². The highest BCUT2D eigenvalue weighted by Gasteiger charge is 2.17. The Morgan fingerprint density at radius 2 is 1.14 bits per heavy atom. The first-order valence-corrected chi connectivity index (χ1v) is 7.00. The van der Waals surface area contributed by atoms with Crippen LogP contribution < -0.4 is 0 Å². The largest absolute Gasteiger partial charge is 0.246 e. The highest BCUT2D eigenvalue weighted by atomic mass is 79.9. The summed E-state index contributed by atoms with van der Waals surface area (Å²) in [7, 11) is 0. The maximum Gasteiger partial charge on any atom is 0.113 e. The fraction of sp³-hybridized carbons (Fsp3) is 1.00. The second-order valence-corrected chi connectivity index (χ2v) is 5.61. The van der Waals surface area contributed by atoms with Crippen LogP contribution in [0.1, 0.15) is 64.2 Å². The zero-order chi connectivity index (χ0) is 10.2. The summed E-state index contributed by atoms with van der Waals surface area (Å²) in [5.74, 6) is 0. The van der Waals surface area contributed by atoms with E-state index in [1.54, 1.807) is 0 Å². The lowest BCUT2D eigenvalue weighted by Gasteiger charge is -2.15. The van der Waals surface area contributed by atoms with Crippen molar-refractivity contribution in [1.29, 1.82) is 0 Å². The van der Waals surface area contributed by atoms with Crippen LogP contribution in [0, 0.1) is 0 Å². The molecule has 14 heavy (non-hydrogen) atoms. The van der Waals surface area contributed by atoms with Gasteiger partial charge in [-0.15, -0.1) is 0 Å². The van der Waals surface area contributed by atoms with Crippen LogP contribution in [0.2, 0.25) is 0 Å². The number of hydrogen-bond donors (Lipinski definition) is 0. The number of hydrogen-bond acceptors (Lipinski definition) is 0. The molecule has 0 spiro atoms. The van der Waals surface area contributed by atoms with Crippen LogP contribution in [-0.4, -0.2) is 11.0 Å². The second-order valence-electron chi connectivity index (χ2n) is 4.44. The van der Waals surface area contributed by atoms with Crippen molar-refractivity contribution < 1.29 is 4.39 Å². The van der Waals surface area contributed by atoms with E-state index in [4.69, 9.17) is 0 Å². The van der Waals surface area contributed by atoms with Crippen molar-refractivity contribution in [2.24, 2.45) is 0 Å². The molecule has 2 heteroatoms. The molecule has 1 unspecified atom stereocenters. The van der Waals surface area contributed by atoms with E-state index in [0.29, 0.717) is 0 Å². The molecule has 0 aromatic carbocycles. The predicted molar refractivity (Wildman–Crippen MR) is 63.8 cm³/mol. The van der Waals surface area contributed by atoms with Crippen LogP contribution >= 0.6 is 15.9 Å². The van der Waals surface area contributed by atoms with Gasteiger partial charge in [0.05, 0.1) is 0 Å². The molecular weight excluding hydrogens is 243 g/mol. The minimum atomic E-state index is -0.616. The van der Waals surface area contributed by atoms with Gasteiger partial charge in [-0.1, -0.05) is 67.3 Å². The van der Waals surface area contributed by atoms with E-state index in [-0.39, 0.29) is 4.83 Å². The summed E-state index contributed by atoms with van der Waals surface area (Å²) in [4.78, 5) is 0.113. The van der Waals surface area contributed by atoms with Gasteiger partial charge in [0.15, 0.2) is 0 Å². The van der Waals surface area contributed by atoms with E-state index in [9.17, 15) is 4.39 Å². The fourth-order valence-corrected chi connectivity index (χ4v) is 2.69. The Morgan fingerprint density at radius 1 is 0.714 bits per heavy atom. The highest BCUT2D eigenvalue weighted by Crippen LogP contribution is 2.23. The molecule has 0 nitrogen and oxygen atoms in total. The highest BCUT2D eigenvalue weighted by molar-refractivity contribution is 9.09. The number of rotatable bonds is 0. The lowest BCUT2D eigenvalue weighted by molar-refractivity contribution is 0.288. The Labute approximate surface area is 95.8 Å². The zero-order valence-corrected chi connectivity index (χ0v) is 10.6. The Hall–Kier alpha value is 0.410. The minimum Gasteiger partial charge on any atom is -0.246 e. The van der Waals surface area contributed by atoms with Crippen molar-refractivity contribution in [3.05, 3.63) is 0 Å². The zero-order valence-electron chi connectivity index (χ0n) is 8.98. The summed E-state index contributed by atoms with van der Waals surface area (Å²) in [5, 5.41) is 0. The summed E-state index contributed by atoms with van der Waals surface area (Å²) in [6, 6.07) is 0. The smallest absolute Gasteiger partial charge is 0.113 e. The molecule has 0 heterocycles. The molecule has 0 saturated heterocycles. The van der Waals surface area contributed by atoms with Gasteiger partial charge in [0.1, 0.15) is 6.17 Å². The molecule has 0 amide bonds. The van der Waals surface area contributed by atoms with Crippen molar-refractivity contribution in [1.82, 2.24) is 0 Å². The van der Waals surface area contributed by atoms with Gasteiger partial charge in [-0.05, 0) is 12.8 Å². The summed E-state index contributed by atoms with van der Waals surface area (Å²) in [5.41, 5.74) is 0. The van der Waals surface area contributed by atoms with Gasteiger partial charge in [0.2, 0.25) is 0 Å². The normalized spacial score (nSPS) is 33.0. The first-order chi connectivity index (χ1) is 6.80. The van der Waals surface area contributed by atoms with Gasteiger partial charge in [0.25, 0.3) is 0 Å². The van der Waals surface area contributed by atoms with Gasteiger partial charge in [-0.2, -0.15) is 0 Å². The molecule has 1 fully saturated rings. The van der Waals surface area contributed by atoms with E-state index in [1.807, 2.05) is 0 Å². The third kappa shape index (κ3) is 5.33. The van der Waals surface area contributed by atoms with E-state index in [2.05, 4.69) is 15.9 Å². The Morgan fingerprint density at radius 3 is 1.71 bits per heavy atom. The Kier molecular flexibility index (Phi) is 6.84. The Balaban J connectivity index is 2.23. The molecule has 1 aliphatic rings. The molecule has 0 bridgehead atoms. The lowest BCUT2D eigenvalue weighted by Crippen LogP contribution is -2.15. The lowest BCUT2D eigenvalue weighted by atomic mass is 10.0. The van der Waals surface area contributed by atoms with Crippen LogP contribution in [0.5, 0.6) is 0 Å². The van der Waals surface area contributed by atoms with E-state index in [0.717, 1.165) is 19.3 Å². The maximum atomic E-state index is 13.5. The van der Waals surface area contributed by atoms with Crippen molar-refractivity contribution in [3.63, 3.8) is 0 Å². The average molecular weight is 265 g/mol. The molecule has 1 aliphatic carbocycles. The quantitative estimate of drug-likeness (QED) is 0.540. The van der Waals surface area contributed by atoms with Gasteiger partial charge >= 0.3 is 0 Å². The third-order valence-corrected chi connectivity index (χ3v) is 4.13. The topological polar surface area (TPSA) is 0 Å². The minimum absolute atomic E-state index is 0.113. The monoisotopic (exact) mass is 264 g/mol. The van der Waals surface area contributed by atoms with Crippen LogP contribution in [0.3, 0.4) is 0 Å². The van der Waals surface area contributed by atoms with Crippen molar-refractivity contribution >= 4 is 15.9 Å². The van der Waals surface area contributed by atoms with Crippen LogP contribution in [0.25, 0.3) is 0 Å². The van der Waals surface area contributed by atoms with Gasteiger partial charge in [-0.25, -0.2) is 4.39 Å². The third-order valence-electron chi connectivity index (χ3n) is 3.10. The number of halogens is 2. The van der Waals surface area contributed by atoms with E-state index >= 15 is 0 Å². The second kappa shape index (κ2) is 7.67. The van der Waals surface area contributed by atoms with Gasteiger partial charge in [-0.3, -0.25) is 0 Å². The molecule has 84 valence electrons. The summed E-state index contributed by atoms with van der Waals surface area (Å²) in [6.45, 7) is 0. The standard InChI is InChI=1S/C12H22BrF/c13-11-9-7-5-3-1-2-4-6-8-10-12(11)14/h11-12H,1-10H2/t11-,12?/m0/s1. The molecule has 0 aromatic rings. The summed E-state index contributed by atoms with van der Waals surface area (Å²) >= 11 is 3.47. The average Bonchev–Trinajstić information content (AvgIpc) is 2.18. The molecule has 0 radical (unpaired) electrons. The molecule has 0 N–H and O–H groups in total. The number of alkyl halides is 2. The summed E-state index contributed by atoms with van der Waals surface area (Å²) < 4.78 is 13.5. The fourth-order valence-electron chi connectivity index (χ4n) is 2.10.